The van der Waals surface area contributed by atoms with E-state index in [0.29, 0.717) is 5.92 Å². The molecule has 1 aliphatic carbocycles. The van der Waals surface area contributed by atoms with Crippen molar-refractivity contribution in [3.05, 3.63) is 71.3 Å². The van der Waals surface area contributed by atoms with Crippen molar-refractivity contribution in [2.75, 3.05) is 0 Å². The van der Waals surface area contributed by atoms with Gasteiger partial charge in [0.15, 0.2) is 0 Å². The van der Waals surface area contributed by atoms with Gasteiger partial charge >= 0.3 is 26.2 Å². The van der Waals surface area contributed by atoms with Crippen LogP contribution in [-0.2, 0) is 26.2 Å². The summed E-state index contributed by atoms with van der Waals surface area (Å²) < 4.78 is 0. The van der Waals surface area contributed by atoms with Crippen LogP contribution >= 0.6 is 0 Å². The Bertz CT molecular complexity index is 475. The number of hydrogen-bond donors (Lipinski definition) is 0. The van der Waals surface area contributed by atoms with Crippen molar-refractivity contribution >= 4 is 6.08 Å². The van der Waals surface area contributed by atoms with E-state index in [-0.39, 0.29) is 51.0 Å². The van der Waals surface area contributed by atoms with Crippen molar-refractivity contribution in [2.45, 2.75) is 19.8 Å². The van der Waals surface area contributed by atoms with Crippen molar-refractivity contribution in [3.8, 4) is 0 Å². The van der Waals surface area contributed by atoms with Gasteiger partial charge in [-0.15, -0.1) is 11.6 Å². The van der Waals surface area contributed by atoms with Gasteiger partial charge in [-0.25, -0.2) is 18.2 Å². The number of hydrogen-bond acceptors (Lipinski definition) is 0. The van der Waals surface area contributed by atoms with Gasteiger partial charge in [0, 0.05) is 0 Å². The monoisotopic (exact) mass is 368 g/mol. The zero-order valence-electron chi connectivity index (χ0n) is 11.0. The van der Waals surface area contributed by atoms with Crippen LogP contribution in [0.5, 0.6) is 0 Å². The molecule has 0 heterocycles. The van der Waals surface area contributed by atoms with E-state index in [1.807, 2.05) is 12.1 Å². The fourth-order valence-corrected chi connectivity index (χ4v) is 1.81. The molecule has 2 aromatic carbocycles. The molecule has 0 saturated heterocycles. The molecule has 0 saturated carbocycles. The number of benzene rings is 1. The molecule has 1 unspecified atom stereocenters. The minimum atomic E-state index is 0. The van der Waals surface area contributed by atoms with Crippen molar-refractivity contribution in [2.24, 2.45) is 0 Å². The molecular weight excluding hydrogens is 354 g/mol. The third kappa shape index (κ3) is 6.17. The first-order valence-corrected chi connectivity index (χ1v) is 5.64. The smallest absolute Gasteiger partial charge is 1.00 e. The summed E-state index contributed by atoms with van der Waals surface area (Å²) in [5, 5.41) is 0. The van der Waals surface area contributed by atoms with Crippen LogP contribution in [0.25, 0.3) is 6.08 Å². The summed E-state index contributed by atoms with van der Waals surface area (Å²) in [7, 11) is 0. The van der Waals surface area contributed by atoms with E-state index in [1.54, 1.807) is 0 Å². The molecule has 1 atom stereocenters. The Morgan fingerprint density at radius 2 is 1.58 bits per heavy atom. The largest absolute Gasteiger partial charge is 4.00 e. The first-order valence-electron chi connectivity index (χ1n) is 5.64. The van der Waals surface area contributed by atoms with Crippen LogP contribution in [0.1, 0.15) is 29.5 Å². The van der Waals surface area contributed by atoms with Crippen molar-refractivity contribution in [1.82, 2.24) is 0 Å². The van der Waals surface area contributed by atoms with E-state index in [9.17, 15) is 0 Å². The van der Waals surface area contributed by atoms with Crippen molar-refractivity contribution < 1.29 is 51.0 Å². The maximum Gasteiger partial charge on any atom is 4.00 e. The summed E-state index contributed by atoms with van der Waals surface area (Å²) in [5.41, 5.74) is 4.08. The van der Waals surface area contributed by atoms with Crippen LogP contribution in [0, 0.1) is 13.0 Å². The van der Waals surface area contributed by atoms with E-state index < -0.39 is 0 Å². The van der Waals surface area contributed by atoms with Gasteiger partial charge in [0.25, 0.3) is 0 Å². The van der Waals surface area contributed by atoms with Gasteiger partial charge in [0.1, 0.15) is 0 Å². The number of rotatable bonds is 0. The van der Waals surface area contributed by atoms with Crippen LogP contribution in [0.4, 0.5) is 0 Å². The molecule has 0 N–H and O–H groups in total. The van der Waals surface area contributed by atoms with E-state index in [2.05, 4.69) is 62.4 Å². The van der Waals surface area contributed by atoms with Crippen molar-refractivity contribution in [1.29, 1.82) is 0 Å². The average molecular weight is 370 g/mol. The van der Waals surface area contributed by atoms with Gasteiger partial charge in [-0.3, -0.25) is 6.08 Å². The molecule has 0 nitrogen and oxygen atoms in total. The second-order valence-corrected chi connectivity index (χ2v) is 4.12. The SMILES string of the molecule is CC1[C-]=Cc2ccccc21.C[c-]1cccc1.[Cl-].[Cl-].[Zr+4]. The van der Waals surface area contributed by atoms with Gasteiger partial charge in [-0.05, 0) is 0 Å². The molecule has 0 spiro atoms. The van der Waals surface area contributed by atoms with E-state index >= 15 is 0 Å². The summed E-state index contributed by atoms with van der Waals surface area (Å²) >= 11 is 0. The molecule has 0 aromatic heterocycles. The quantitative estimate of drug-likeness (QED) is 0.487. The summed E-state index contributed by atoms with van der Waals surface area (Å²) in [5.74, 6) is 0.496. The number of fused-ring (bicyclic) bond motifs is 1. The van der Waals surface area contributed by atoms with Crippen molar-refractivity contribution in [3.63, 3.8) is 0 Å². The van der Waals surface area contributed by atoms with E-state index in [0.717, 1.165) is 0 Å². The Morgan fingerprint density at radius 3 is 2.05 bits per heavy atom. The Labute approximate surface area is 147 Å². The Hall–Kier alpha value is -0.227. The van der Waals surface area contributed by atoms with Gasteiger partial charge in [-0.1, -0.05) is 38.0 Å². The number of allylic oxidation sites excluding steroid dienone is 1. The fourth-order valence-electron chi connectivity index (χ4n) is 1.81. The molecule has 1 aliphatic rings. The predicted molar refractivity (Wildman–Crippen MR) is 69.3 cm³/mol. The molecule has 2 aromatic rings. The molecule has 0 bridgehead atoms. The third-order valence-electron chi connectivity index (χ3n) is 2.78. The molecule has 0 amide bonds. The minimum absolute atomic E-state index is 0. The molecular formula is C16H16Cl2Zr. The molecule has 0 aliphatic heterocycles. The van der Waals surface area contributed by atoms with Crippen LogP contribution in [0.15, 0.2) is 48.5 Å². The molecule has 0 fully saturated rings. The summed E-state index contributed by atoms with van der Waals surface area (Å²) in [6.45, 7) is 4.25. The molecule has 0 radical (unpaired) electrons. The normalized spacial score (nSPS) is 13.9. The molecule has 3 heteroatoms. The van der Waals surface area contributed by atoms with Gasteiger partial charge in [0.05, 0.1) is 0 Å². The van der Waals surface area contributed by atoms with Crippen LogP contribution < -0.4 is 24.8 Å². The standard InChI is InChI=1S/C10H9.C6H7.2ClH.Zr/c1-8-6-7-9-4-2-3-5-10(8)9;1-6-4-2-3-5-6;;;/h2-5,7-8H,1H3;2-5H,1H3;2*1H;/q2*-1;;;+4/p-2. The Kier molecular flexibility index (Phi) is 11.7. The maximum absolute atomic E-state index is 3.26. The summed E-state index contributed by atoms with van der Waals surface area (Å²) in [6.07, 6.45) is 5.33. The summed E-state index contributed by atoms with van der Waals surface area (Å²) in [4.78, 5) is 0. The zero-order valence-corrected chi connectivity index (χ0v) is 15.0. The van der Waals surface area contributed by atoms with E-state index in [1.165, 1.54) is 16.7 Å². The average Bonchev–Trinajstić information content (AvgIpc) is 2.91. The molecule has 19 heavy (non-hydrogen) atoms. The Morgan fingerprint density at radius 1 is 1.00 bits per heavy atom. The Balaban J connectivity index is 0. The van der Waals surface area contributed by atoms with Crippen LogP contribution in [0.3, 0.4) is 0 Å². The second kappa shape index (κ2) is 10.5. The predicted octanol–water partition coefficient (Wildman–Crippen LogP) is -1.66. The fraction of sp³-hybridized carbons (Fsp3) is 0.188. The van der Waals surface area contributed by atoms with E-state index in [4.69, 9.17) is 0 Å². The topological polar surface area (TPSA) is 0 Å². The number of halogens is 2. The van der Waals surface area contributed by atoms with Gasteiger partial charge in [0.2, 0.25) is 0 Å². The van der Waals surface area contributed by atoms with Crippen LogP contribution in [0.2, 0.25) is 0 Å². The first-order chi connectivity index (χ1) is 7.77. The second-order valence-electron chi connectivity index (χ2n) is 4.12. The number of aryl methyl sites for hydroxylation is 1. The zero-order chi connectivity index (χ0) is 11.4. The minimum Gasteiger partial charge on any atom is -1.00 e. The van der Waals surface area contributed by atoms with Gasteiger partial charge in [-0.2, -0.15) is 23.3 Å². The third-order valence-corrected chi connectivity index (χ3v) is 2.78. The maximum atomic E-state index is 3.26. The van der Waals surface area contributed by atoms with Gasteiger partial charge < -0.3 is 24.8 Å². The molecule has 3 rings (SSSR count). The first kappa shape index (κ1) is 21.1. The summed E-state index contributed by atoms with van der Waals surface area (Å²) in [6, 6.07) is 16.7. The van der Waals surface area contributed by atoms with Crippen LogP contribution in [-0.4, -0.2) is 0 Å². The molecule has 98 valence electrons.